The van der Waals surface area contributed by atoms with Crippen molar-refractivity contribution in [2.24, 2.45) is 0 Å². The predicted octanol–water partition coefficient (Wildman–Crippen LogP) is 2.54. The van der Waals surface area contributed by atoms with E-state index in [-0.39, 0.29) is 34.8 Å². The van der Waals surface area contributed by atoms with Gasteiger partial charge in [0.25, 0.3) is 0 Å². The van der Waals surface area contributed by atoms with Gasteiger partial charge < -0.3 is 0 Å². The molecule has 0 bridgehead atoms. The van der Waals surface area contributed by atoms with Crippen LogP contribution in [0.4, 0.5) is 0 Å². The molecule has 1 rings (SSSR count). The molecule has 0 fully saturated rings. The van der Waals surface area contributed by atoms with E-state index in [2.05, 4.69) is 0 Å². The van der Waals surface area contributed by atoms with Crippen molar-refractivity contribution in [2.45, 2.75) is 6.92 Å². The molecule has 0 radical (unpaired) electrons. The summed E-state index contributed by atoms with van der Waals surface area (Å²) in [6, 6.07) is -1.53. The molecule has 0 aliphatic heterocycles. The Kier molecular flexibility index (Phi) is 1.01. The number of rotatable bonds is 1. The summed E-state index contributed by atoms with van der Waals surface area (Å²) >= 11 is 5.54. The van der Waals surface area contributed by atoms with Crippen LogP contribution in [0.3, 0.4) is 0 Å². The average Bonchev–Trinajstić information content (AvgIpc) is 2.11. The lowest BCUT2D eigenvalue weighted by Gasteiger charge is -1.92. The normalized spacial score (nSPS) is 15.0. The van der Waals surface area contributed by atoms with Gasteiger partial charge in [0.05, 0.1) is 5.48 Å². The largest absolute Gasteiger partial charge is 0.295 e. The molecular formula is C8H7ClO. The molecule has 0 unspecified atom stereocenters. The minimum absolute atomic E-state index is 0.218. The Balaban J connectivity index is 3.68. The van der Waals surface area contributed by atoms with Crippen LogP contribution in [-0.2, 0) is 0 Å². The van der Waals surface area contributed by atoms with E-state index in [1.165, 1.54) is 6.92 Å². The molecule has 1 nitrogen and oxygen atoms in total. The van der Waals surface area contributed by atoms with E-state index >= 15 is 0 Å². The molecule has 0 N–H and O–H groups in total. The molecule has 0 spiro atoms. The minimum atomic E-state index is -0.501. The standard InChI is InChI=1S/C8H7ClO/c1-6(10)7-2-4-8(9)5-3-7/h2-5H,1H3/i2D,3D,4D,5D. The van der Waals surface area contributed by atoms with Gasteiger partial charge in [-0.2, -0.15) is 0 Å². The molecule has 0 aliphatic rings. The quantitative estimate of drug-likeness (QED) is 0.574. The second kappa shape index (κ2) is 2.84. The van der Waals surface area contributed by atoms with E-state index in [1.54, 1.807) is 0 Å². The van der Waals surface area contributed by atoms with Gasteiger partial charge in [0.15, 0.2) is 5.78 Å². The van der Waals surface area contributed by atoms with Crippen molar-refractivity contribution in [1.29, 1.82) is 0 Å². The van der Waals surface area contributed by atoms with Gasteiger partial charge in [0.1, 0.15) is 0 Å². The van der Waals surface area contributed by atoms with Crippen LogP contribution in [0.25, 0.3) is 0 Å². The second-order valence-electron chi connectivity index (χ2n) is 1.75. The van der Waals surface area contributed by atoms with E-state index in [4.69, 9.17) is 17.1 Å². The number of hydrogen-bond acceptors (Lipinski definition) is 1. The monoisotopic (exact) mass is 158 g/mol. The molecule has 0 heterocycles. The number of carbonyl (C=O) groups is 1. The van der Waals surface area contributed by atoms with Gasteiger partial charge in [-0.15, -0.1) is 0 Å². The summed E-state index contributed by atoms with van der Waals surface area (Å²) in [6.07, 6.45) is 0. The van der Waals surface area contributed by atoms with Gasteiger partial charge in [0, 0.05) is 10.6 Å². The highest BCUT2D eigenvalue weighted by Crippen LogP contribution is 2.09. The third-order valence-electron chi connectivity index (χ3n) is 0.947. The topological polar surface area (TPSA) is 17.1 Å². The van der Waals surface area contributed by atoms with Crippen LogP contribution in [0.2, 0.25) is 5.02 Å². The maximum atomic E-state index is 11.1. The number of Topliss-reactive ketones (excluding diaryl/α,β-unsaturated/α-hetero) is 1. The molecule has 0 aromatic heterocycles. The maximum absolute atomic E-state index is 11.1. The fourth-order valence-electron chi connectivity index (χ4n) is 0.473. The highest BCUT2D eigenvalue weighted by molar-refractivity contribution is 6.30. The first-order valence-electron chi connectivity index (χ1n) is 4.64. The Morgan fingerprint density at radius 3 is 2.40 bits per heavy atom. The average molecular weight is 159 g/mol. The summed E-state index contributed by atoms with van der Waals surface area (Å²) in [5, 5.41) is -0.259. The van der Waals surface area contributed by atoms with E-state index in [0.717, 1.165) is 0 Å². The second-order valence-corrected chi connectivity index (χ2v) is 2.12. The molecule has 1 aromatic rings. The van der Waals surface area contributed by atoms with Crippen LogP contribution in [0.15, 0.2) is 24.2 Å². The smallest absolute Gasteiger partial charge is 0.159 e. The molecule has 0 saturated carbocycles. The number of halogens is 1. The van der Waals surface area contributed by atoms with Crippen molar-refractivity contribution < 1.29 is 10.3 Å². The van der Waals surface area contributed by atoms with Crippen molar-refractivity contribution in [3.63, 3.8) is 0 Å². The fourth-order valence-corrected chi connectivity index (χ4v) is 0.568. The third-order valence-corrected chi connectivity index (χ3v) is 1.14. The number of carbonyl (C=O) groups excluding carboxylic acids is 1. The van der Waals surface area contributed by atoms with E-state index in [0.29, 0.717) is 0 Å². The highest BCUT2D eigenvalue weighted by atomic mass is 35.5. The third kappa shape index (κ3) is 1.58. The Bertz CT molecular complexity index is 387. The molecule has 0 saturated heterocycles. The first kappa shape index (κ1) is 3.54. The van der Waals surface area contributed by atoms with Gasteiger partial charge in [-0.05, 0) is 31.1 Å². The molecule has 0 amide bonds. The van der Waals surface area contributed by atoms with Crippen LogP contribution in [0.5, 0.6) is 0 Å². The van der Waals surface area contributed by atoms with Crippen LogP contribution in [0, 0.1) is 0 Å². The number of benzene rings is 1. The first-order chi connectivity index (χ1) is 6.37. The zero-order valence-corrected chi connectivity index (χ0v) is 6.04. The van der Waals surface area contributed by atoms with Crippen LogP contribution in [0.1, 0.15) is 22.8 Å². The molecule has 10 heavy (non-hydrogen) atoms. The van der Waals surface area contributed by atoms with Gasteiger partial charge in [-0.1, -0.05) is 11.6 Å². The van der Waals surface area contributed by atoms with Gasteiger partial charge >= 0.3 is 0 Å². The maximum Gasteiger partial charge on any atom is 0.159 e. The summed E-state index contributed by atoms with van der Waals surface area (Å²) in [5.74, 6) is -0.501. The van der Waals surface area contributed by atoms with Gasteiger partial charge in [-0.25, -0.2) is 0 Å². The summed E-state index contributed by atoms with van der Waals surface area (Å²) in [7, 11) is 0. The van der Waals surface area contributed by atoms with E-state index < -0.39 is 5.78 Å². The van der Waals surface area contributed by atoms with Crippen molar-refractivity contribution in [3.05, 3.63) is 34.8 Å². The molecule has 0 atom stereocenters. The molecular weight excluding hydrogens is 148 g/mol. The Hall–Kier alpha value is -0.820. The lowest BCUT2D eigenvalue weighted by atomic mass is 10.2. The Labute approximate surface area is 70.2 Å². The van der Waals surface area contributed by atoms with E-state index in [9.17, 15) is 4.79 Å². The minimum Gasteiger partial charge on any atom is -0.295 e. The summed E-state index contributed by atoms with van der Waals surface area (Å²) < 4.78 is 29.5. The fraction of sp³-hybridized carbons (Fsp3) is 0.125. The van der Waals surface area contributed by atoms with Gasteiger partial charge in [-0.3, -0.25) is 4.79 Å². The zero-order valence-electron chi connectivity index (χ0n) is 9.29. The number of ketones is 1. The lowest BCUT2D eigenvalue weighted by molar-refractivity contribution is 0.101. The predicted molar refractivity (Wildman–Crippen MR) is 41.5 cm³/mol. The van der Waals surface area contributed by atoms with Crippen LogP contribution < -0.4 is 0 Å². The summed E-state index contributed by atoms with van der Waals surface area (Å²) in [5.41, 5.74) is -0.218. The van der Waals surface area contributed by atoms with Crippen molar-refractivity contribution in [1.82, 2.24) is 0 Å². The summed E-state index contributed by atoms with van der Waals surface area (Å²) in [6.45, 7) is 1.19. The highest BCUT2D eigenvalue weighted by Gasteiger charge is 1.95. The molecule has 2 heteroatoms. The van der Waals surface area contributed by atoms with Crippen molar-refractivity contribution in [2.75, 3.05) is 0 Å². The van der Waals surface area contributed by atoms with E-state index in [1.807, 2.05) is 0 Å². The summed E-state index contributed by atoms with van der Waals surface area (Å²) in [4.78, 5) is 11.1. The zero-order chi connectivity index (χ0) is 11.0. The van der Waals surface area contributed by atoms with Crippen LogP contribution >= 0.6 is 11.6 Å². The molecule has 52 valence electrons. The molecule has 0 aliphatic carbocycles. The Morgan fingerprint density at radius 2 is 2.00 bits per heavy atom. The SMILES string of the molecule is [2H]c1c([2H])c(C(C)=O)c([2H])c([2H])c1Cl. The molecule has 1 aromatic carbocycles. The van der Waals surface area contributed by atoms with Gasteiger partial charge in [0.2, 0.25) is 0 Å². The Morgan fingerprint density at radius 1 is 1.50 bits per heavy atom. The first-order valence-corrected chi connectivity index (χ1v) is 3.02. The van der Waals surface area contributed by atoms with Crippen molar-refractivity contribution in [3.8, 4) is 0 Å². The van der Waals surface area contributed by atoms with Crippen LogP contribution in [-0.4, -0.2) is 5.78 Å². The number of hydrogen-bond donors (Lipinski definition) is 0. The lowest BCUT2D eigenvalue weighted by Crippen LogP contribution is -1.89. The van der Waals surface area contributed by atoms with Crippen molar-refractivity contribution >= 4 is 17.4 Å².